The standard InChI is InChI=1S/C25H33N3O2/c1-3-9-25(29)26-17-8-12-24-27-22-10-4-5-11-23(22)28(24)18-6-7-19-30-21-15-13-20(2)14-16-21/h4-5,10-11,13-16H,3,6-9,12,17-19H2,1-2H3,(H,26,29). The smallest absolute Gasteiger partial charge is 0.219 e. The SMILES string of the molecule is CCCC(=O)NCCCc1nc2ccccc2n1CCCCOc1ccc(C)cc1. The number of carbonyl (C=O) groups is 1. The fraction of sp³-hybridized carbons (Fsp3) is 0.440. The number of hydrogen-bond donors (Lipinski definition) is 1. The number of fused-ring (bicyclic) bond motifs is 1. The number of hydrogen-bond acceptors (Lipinski definition) is 3. The topological polar surface area (TPSA) is 56.2 Å². The summed E-state index contributed by atoms with van der Waals surface area (Å²) in [6.45, 7) is 6.44. The molecule has 1 amide bonds. The molecule has 0 spiro atoms. The van der Waals surface area contributed by atoms with Crippen LogP contribution in [0.3, 0.4) is 0 Å². The first-order valence-electron chi connectivity index (χ1n) is 11.1. The number of benzene rings is 2. The minimum Gasteiger partial charge on any atom is -0.494 e. The maximum absolute atomic E-state index is 11.6. The molecule has 0 saturated heterocycles. The first-order chi connectivity index (χ1) is 14.7. The van der Waals surface area contributed by atoms with E-state index in [0.717, 1.165) is 55.7 Å². The highest BCUT2D eigenvalue weighted by molar-refractivity contribution is 5.76. The molecule has 1 heterocycles. The Morgan fingerprint density at radius 2 is 1.87 bits per heavy atom. The number of unbranched alkanes of at least 4 members (excludes halogenated alkanes) is 1. The second-order valence-corrected chi connectivity index (χ2v) is 7.74. The van der Waals surface area contributed by atoms with Gasteiger partial charge in [-0.05, 0) is 56.9 Å². The van der Waals surface area contributed by atoms with E-state index in [4.69, 9.17) is 9.72 Å². The average Bonchev–Trinajstić information content (AvgIpc) is 3.10. The lowest BCUT2D eigenvalue weighted by atomic mass is 10.2. The molecule has 0 aliphatic rings. The van der Waals surface area contributed by atoms with Crippen molar-refractivity contribution in [2.45, 2.75) is 58.9 Å². The van der Waals surface area contributed by atoms with Crippen LogP contribution in [0.1, 0.15) is 50.4 Å². The lowest BCUT2D eigenvalue weighted by molar-refractivity contribution is -0.121. The van der Waals surface area contributed by atoms with E-state index < -0.39 is 0 Å². The Morgan fingerprint density at radius 3 is 2.67 bits per heavy atom. The normalized spacial score (nSPS) is 11.0. The van der Waals surface area contributed by atoms with Crippen molar-refractivity contribution in [2.75, 3.05) is 13.2 Å². The molecule has 2 aromatic carbocycles. The van der Waals surface area contributed by atoms with Crippen LogP contribution in [-0.4, -0.2) is 28.6 Å². The van der Waals surface area contributed by atoms with Crippen LogP contribution in [0.2, 0.25) is 0 Å². The summed E-state index contributed by atoms with van der Waals surface area (Å²) in [5.74, 6) is 2.17. The molecule has 5 heteroatoms. The van der Waals surface area contributed by atoms with Gasteiger partial charge in [-0.25, -0.2) is 4.98 Å². The first kappa shape index (κ1) is 21.9. The van der Waals surface area contributed by atoms with Gasteiger partial charge in [0.05, 0.1) is 17.6 Å². The lowest BCUT2D eigenvalue weighted by Crippen LogP contribution is -2.24. The summed E-state index contributed by atoms with van der Waals surface area (Å²) in [7, 11) is 0. The van der Waals surface area contributed by atoms with Crippen LogP contribution < -0.4 is 10.1 Å². The summed E-state index contributed by atoms with van der Waals surface area (Å²) in [4.78, 5) is 16.5. The molecule has 5 nitrogen and oxygen atoms in total. The van der Waals surface area contributed by atoms with Crippen molar-refractivity contribution in [1.82, 2.24) is 14.9 Å². The van der Waals surface area contributed by atoms with Crippen molar-refractivity contribution in [3.05, 3.63) is 59.9 Å². The highest BCUT2D eigenvalue weighted by Crippen LogP contribution is 2.18. The van der Waals surface area contributed by atoms with Gasteiger partial charge in [0.1, 0.15) is 11.6 Å². The summed E-state index contributed by atoms with van der Waals surface area (Å²) in [6.07, 6.45) is 5.27. The number of ether oxygens (including phenoxy) is 1. The average molecular weight is 408 g/mol. The zero-order valence-electron chi connectivity index (χ0n) is 18.2. The van der Waals surface area contributed by atoms with Crippen molar-refractivity contribution in [2.24, 2.45) is 0 Å². The van der Waals surface area contributed by atoms with Gasteiger partial charge in [0.15, 0.2) is 0 Å². The monoisotopic (exact) mass is 407 g/mol. The van der Waals surface area contributed by atoms with E-state index in [2.05, 4.69) is 47.1 Å². The van der Waals surface area contributed by atoms with Gasteiger partial charge in [0.2, 0.25) is 5.91 Å². The second-order valence-electron chi connectivity index (χ2n) is 7.74. The molecule has 0 bridgehead atoms. The number of rotatable bonds is 12. The Labute approximate surface area is 179 Å². The summed E-state index contributed by atoms with van der Waals surface area (Å²) >= 11 is 0. The van der Waals surface area contributed by atoms with Crippen molar-refractivity contribution in [3.63, 3.8) is 0 Å². The third-order valence-corrected chi connectivity index (χ3v) is 5.18. The predicted molar refractivity (Wildman–Crippen MR) is 122 cm³/mol. The van der Waals surface area contributed by atoms with Gasteiger partial charge < -0.3 is 14.6 Å². The molecular formula is C25H33N3O2. The molecule has 160 valence electrons. The molecule has 0 radical (unpaired) electrons. The lowest BCUT2D eigenvalue weighted by Gasteiger charge is -2.11. The molecule has 0 saturated carbocycles. The van der Waals surface area contributed by atoms with E-state index in [9.17, 15) is 4.79 Å². The Bertz CT molecular complexity index is 931. The highest BCUT2D eigenvalue weighted by atomic mass is 16.5. The third kappa shape index (κ3) is 6.34. The fourth-order valence-corrected chi connectivity index (χ4v) is 3.55. The molecule has 0 aliphatic heterocycles. The van der Waals surface area contributed by atoms with Gasteiger partial charge in [0, 0.05) is 25.9 Å². The van der Waals surface area contributed by atoms with E-state index >= 15 is 0 Å². The minimum atomic E-state index is 0.138. The maximum atomic E-state index is 11.6. The summed E-state index contributed by atoms with van der Waals surface area (Å²) in [5, 5.41) is 2.99. The van der Waals surface area contributed by atoms with E-state index in [0.29, 0.717) is 19.6 Å². The van der Waals surface area contributed by atoms with Crippen LogP contribution >= 0.6 is 0 Å². The van der Waals surface area contributed by atoms with Gasteiger partial charge in [-0.15, -0.1) is 0 Å². The zero-order valence-corrected chi connectivity index (χ0v) is 18.2. The quantitative estimate of drug-likeness (QED) is 0.427. The fourth-order valence-electron chi connectivity index (χ4n) is 3.55. The Kier molecular flexibility index (Phi) is 8.30. The summed E-state index contributed by atoms with van der Waals surface area (Å²) < 4.78 is 8.18. The Morgan fingerprint density at radius 1 is 1.07 bits per heavy atom. The second kappa shape index (κ2) is 11.4. The van der Waals surface area contributed by atoms with Crippen LogP contribution in [-0.2, 0) is 17.8 Å². The van der Waals surface area contributed by atoms with Crippen molar-refractivity contribution in [1.29, 1.82) is 0 Å². The van der Waals surface area contributed by atoms with Crippen LogP contribution in [0.15, 0.2) is 48.5 Å². The molecule has 0 fully saturated rings. The summed E-state index contributed by atoms with van der Waals surface area (Å²) in [6, 6.07) is 16.5. The highest BCUT2D eigenvalue weighted by Gasteiger charge is 2.10. The molecule has 0 unspecified atom stereocenters. The molecule has 0 atom stereocenters. The minimum absolute atomic E-state index is 0.138. The van der Waals surface area contributed by atoms with Crippen molar-refractivity contribution < 1.29 is 9.53 Å². The third-order valence-electron chi connectivity index (χ3n) is 5.18. The molecular weight excluding hydrogens is 374 g/mol. The van der Waals surface area contributed by atoms with Crippen LogP contribution in [0.25, 0.3) is 11.0 Å². The Hall–Kier alpha value is -2.82. The number of nitrogens with one attached hydrogen (secondary N) is 1. The van der Waals surface area contributed by atoms with Gasteiger partial charge in [-0.2, -0.15) is 0 Å². The first-order valence-corrected chi connectivity index (χ1v) is 11.1. The number of para-hydroxylation sites is 2. The number of amides is 1. The van der Waals surface area contributed by atoms with Gasteiger partial charge in [-0.3, -0.25) is 4.79 Å². The number of aromatic nitrogens is 2. The number of imidazole rings is 1. The molecule has 3 rings (SSSR count). The van der Waals surface area contributed by atoms with Gasteiger partial charge >= 0.3 is 0 Å². The number of carbonyl (C=O) groups excluding carboxylic acids is 1. The number of aryl methyl sites for hydroxylation is 3. The Balaban J connectivity index is 1.51. The van der Waals surface area contributed by atoms with E-state index in [1.165, 1.54) is 11.1 Å². The van der Waals surface area contributed by atoms with Crippen LogP contribution in [0.5, 0.6) is 5.75 Å². The van der Waals surface area contributed by atoms with Crippen LogP contribution in [0, 0.1) is 6.92 Å². The predicted octanol–water partition coefficient (Wildman–Crippen LogP) is 5.05. The zero-order chi connectivity index (χ0) is 21.2. The molecule has 1 N–H and O–H groups in total. The summed E-state index contributed by atoms with van der Waals surface area (Å²) in [5.41, 5.74) is 3.46. The van der Waals surface area contributed by atoms with Crippen molar-refractivity contribution >= 4 is 16.9 Å². The maximum Gasteiger partial charge on any atom is 0.219 e. The largest absolute Gasteiger partial charge is 0.494 e. The molecule has 1 aromatic heterocycles. The van der Waals surface area contributed by atoms with Crippen molar-refractivity contribution in [3.8, 4) is 5.75 Å². The van der Waals surface area contributed by atoms with E-state index in [1.54, 1.807) is 0 Å². The van der Waals surface area contributed by atoms with Gasteiger partial charge in [0.25, 0.3) is 0 Å². The molecule has 3 aromatic rings. The molecule has 0 aliphatic carbocycles. The van der Waals surface area contributed by atoms with Crippen LogP contribution in [0.4, 0.5) is 0 Å². The number of nitrogens with zero attached hydrogens (tertiary/aromatic N) is 2. The van der Waals surface area contributed by atoms with E-state index in [-0.39, 0.29) is 5.91 Å². The van der Waals surface area contributed by atoms with E-state index in [1.807, 2.05) is 25.1 Å². The molecule has 30 heavy (non-hydrogen) atoms. The van der Waals surface area contributed by atoms with Gasteiger partial charge in [-0.1, -0.05) is 36.8 Å².